The van der Waals surface area contributed by atoms with Crippen molar-refractivity contribution >= 4 is 23.5 Å². The van der Waals surface area contributed by atoms with Gasteiger partial charge in [-0.1, -0.05) is 17.7 Å². The first-order valence-corrected chi connectivity index (χ1v) is 6.62. The molecule has 1 heterocycles. The molecule has 0 aliphatic heterocycles. The molecule has 0 aliphatic rings. The molecule has 1 aromatic heterocycles. The maximum atomic E-state index is 12.2. The van der Waals surface area contributed by atoms with Crippen molar-refractivity contribution in [2.24, 2.45) is 0 Å². The van der Waals surface area contributed by atoms with Crippen LogP contribution in [0.3, 0.4) is 0 Å². The summed E-state index contributed by atoms with van der Waals surface area (Å²) in [7, 11) is 0. The van der Waals surface area contributed by atoms with Crippen molar-refractivity contribution in [3.8, 4) is 0 Å². The minimum Gasteiger partial charge on any atom is -0.480 e. The molecule has 1 atom stereocenters. The van der Waals surface area contributed by atoms with E-state index in [1.807, 2.05) is 0 Å². The van der Waals surface area contributed by atoms with Gasteiger partial charge in [-0.3, -0.25) is 4.79 Å². The number of halogens is 1. The number of amides is 1. The Labute approximate surface area is 126 Å². The van der Waals surface area contributed by atoms with Crippen molar-refractivity contribution in [1.82, 2.24) is 15.3 Å². The molecule has 0 saturated carbocycles. The molecule has 1 aromatic carbocycles. The number of aromatic amines is 1. The third kappa shape index (κ3) is 3.82. The number of aryl methyl sites for hydroxylation is 1. The van der Waals surface area contributed by atoms with Gasteiger partial charge in [0.2, 0.25) is 0 Å². The van der Waals surface area contributed by atoms with Crippen LogP contribution in [-0.4, -0.2) is 33.0 Å². The van der Waals surface area contributed by atoms with Crippen LogP contribution < -0.4 is 5.32 Å². The Balaban J connectivity index is 2.14. The number of carbonyl (C=O) groups is 2. The van der Waals surface area contributed by atoms with E-state index in [0.29, 0.717) is 16.3 Å². The highest BCUT2D eigenvalue weighted by Crippen LogP contribution is 2.15. The maximum absolute atomic E-state index is 12.2. The van der Waals surface area contributed by atoms with E-state index >= 15 is 0 Å². The van der Waals surface area contributed by atoms with Crippen LogP contribution in [0.5, 0.6) is 0 Å². The number of H-pyrrole nitrogens is 1. The van der Waals surface area contributed by atoms with E-state index in [1.54, 1.807) is 19.1 Å². The van der Waals surface area contributed by atoms with Crippen LogP contribution in [-0.2, 0) is 11.2 Å². The number of hydrogen-bond acceptors (Lipinski definition) is 3. The highest BCUT2D eigenvalue weighted by Gasteiger charge is 2.22. The fourth-order valence-electron chi connectivity index (χ4n) is 1.89. The average Bonchev–Trinajstić information content (AvgIpc) is 2.93. The van der Waals surface area contributed by atoms with Gasteiger partial charge in [-0.2, -0.15) is 0 Å². The zero-order chi connectivity index (χ0) is 15.4. The van der Waals surface area contributed by atoms with E-state index in [-0.39, 0.29) is 6.42 Å². The van der Waals surface area contributed by atoms with Gasteiger partial charge in [0, 0.05) is 28.9 Å². The first-order chi connectivity index (χ1) is 9.97. The minimum atomic E-state index is -1.11. The second kappa shape index (κ2) is 6.41. The topological polar surface area (TPSA) is 95.1 Å². The highest BCUT2D eigenvalue weighted by atomic mass is 35.5. The van der Waals surface area contributed by atoms with Crippen LogP contribution in [0, 0.1) is 6.92 Å². The van der Waals surface area contributed by atoms with E-state index in [4.69, 9.17) is 11.6 Å². The number of nitrogens with zero attached hydrogens (tertiary/aromatic N) is 1. The van der Waals surface area contributed by atoms with Gasteiger partial charge < -0.3 is 15.4 Å². The number of rotatable bonds is 5. The van der Waals surface area contributed by atoms with Crippen molar-refractivity contribution in [3.05, 3.63) is 52.6 Å². The highest BCUT2D eigenvalue weighted by molar-refractivity contribution is 6.31. The predicted octanol–water partition coefficient (Wildman–Crippen LogP) is 1.80. The molecular weight excluding hydrogens is 294 g/mol. The molecule has 0 spiro atoms. The molecule has 0 aliphatic carbocycles. The van der Waals surface area contributed by atoms with Gasteiger partial charge in [-0.05, 0) is 24.6 Å². The molecule has 0 fully saturated rings. The number of imidazole rings is 1. The fourth-order valence-corrected chi connectivity index (χ4v) is 2.06. The summed E-state index contributed by atoms with van der Waals surface area (Å²) in [5, 5.41) is 12.1. The Morgan fingerprint density at radius 1 is 1.48 bits per heavy atom. The molecule has 7 heteroatoms. The first kappa shape index (κ1) is 15.1. The standard InChI is InChI=1S/C14H14ClN3O3/c1-8-2-3-9(15)4-11(8)13(19)18-12(14(20)21)5-10-6-16-7-17-10/h2-4,6-7,12H,5H2,1H3,(H,16,17)(H,18,19)(H,20,21)/t12-/m0/s1. The SMILES string of the molecule is Cc1ccc(Cl)cc1C(=O)N[C@@H](Cc1cnc[nH]1)C(=O)O. The number of nitrogens with one attached hydrogen (secondary N) is 2. The van der Waals surface area contributed by atoms with Crippen molar-refractivity contribution < 1.29 is 14.7 Å². The minimum absolute atomic E-state index is 0.126. The van der Waals surface area contributed by atoms with Crippen LogP contribution >= 0.6 is 11.6 Å². The summed E-state index contributed by atoms with van der Waals surface area (Å²) in [6.45, 7) is 1.76. The molecule has 2 rings (SSSR count). The summed E-state index contributed by atoms with van der Waals surface area (Å²) in [6.07, 6.45) is 3.10. The summed E-state index contributed by atoms with van der Waals surface area (Å²) in [5.41, 5.74) is 1.71. The molecule has 3 N–H and O–H groups in total. The molecule has 1 amide bonds. The van der Waals surface area contributed by atoms with Gasteiger partial charge in [0.25, 0.3) is 5.91 Å². The lowest BCUT2D eigenvalue weighted by Crippen LogP contribution is -2.42. The van der Waals surface area contributed by atoms with Gasteiger partial charge in [-0.15, -0.1) is 0 Å². The second-order valence-corrected chi connectivity index (χ2v) is 5.04. The van der Waals surface area contributed by atoms with Gasteiger partial charge in [-0.25, -0.2) is 9.78 Å². The molecule has 21 heavy (non-hydrogen) atoms. The maximum Gasteiger partial charge on any atom is 0.326 e. The van der Waals surface area contributed by atoms with E-state index in [2.05, 4.69) is 15.3 Å². The third-order valence-electron chi connectivity index (χ3n) is 3.03. The van der Waals surface area contributed by atoms with E-state index in [9.17, 15) is 14.7 Å². The van der Waals surface area contributed by atoms with Crippen molar-refractivity contribution in [1.29, 1.82) is 0 Å². The number of carboxylic acid groups (broad SMARTS) is 1. The zero-order valence-corrected chi connectivity index (χ0v) is 12.0. The lowest BCUT2D eigenvalue weighted by molar-refractivity contribution is -0.139. The van der Waals surface area contributed by atoms with Gasteiger partial charge in [0.15, 0.2) is 0 Å². The second-order valence-electron chi connectivity index (χ2n) is 4.60. The summed E-state index contributed by atoms with van der Waals surface area (Å²) >= 11 is 5.87. The van der Waals surface area contributed by atoms with E-state index in [1.165, 1.54) is 18.6 Å². The van der Waals surface area contributed by atoms with Crippen LogP contribution in [0.2, 0.25) is 5.02 Å². The number of aliphatic carboxylic acids is 1. The quantitative estimate of drug-likeness (QED) is 0.785. The largest absolute Gasteiger partial charge is 0.480 e. The summed E-state index contributed by atoms with van der Waals surface area (Å²) in [6, 6.07) is 3.85. The Morgan fingerprint density at radius 3 is 2.86 bits per heavy atom. The van der Waals surface area contributed by atoms with Gasteiger partial charge >= 0.3 is 5.97 Å². The molecule has 0 bridgehead atoms. The number of carboxylic acids is 1. The number of carbonyl (C=O) groups excluding carboxylic acids is 1. The summed E-state index contributed by atoms with van der Waals surface area (Å²) in [5.74, 6) is -1.58. The van der Waals surface area contributed by atoms with Crippen LogP contribution in [0.1, 0.15) is 21.6 Å². The van der Waals surface area contributed by atoms with Crippen molar-refractivity contribution in [2.75, 3.05) is 0 Å². The first-order valence-electron chi connectivity index (χ1n) is 6.24. The van der Waals surface area contributed by atoms with Crippen LogP contribution in [0.15, 0.2) is 30.7 Å². The molecule has 110 valence electrons. The summed E-state index contributed by atoms with van der Waals surface area (Å²) in [4.78, 5) is 30.1. The monoisotopic (exact) mass is 307 g/mol. The van der Waals surface area contributed by atoms with Crippen molar-refractivity contribution in [2.45, 2.75) is 19.4 Å². The van der Waals surface area contributed by atoms with Gasteiger partial charge in [0.05, 0.1) is 6.33 Å². The van der Waals surface area contributed by atoms with Crippen LogP contribution in [0.4, 0.5) is 0 Å². The lowest BCUT2D eigenvalue weighted by atomic mass is 10.1. The predicted molar refractivity (Wildman–Crippen MR) is 77.4 cm³/mol. The molecule has 0 unspecified atom stereocenters. The number of hydrogen-bond donors (Lipinski definition) is 3. The molecule has 0 radical (unpaired) electrons. The molecule has 6 nitrogen and oxygen atoms in total. The van der Waals surface area contributed by atoms with Crippen molar-refractivity contribution in [3.63, 3.8) is 0 Å². The van der Waals surface area contributed by atoms with Crippen LogP contribution in [0.25, 0.3) is 0 Å². The normalized spacial score (nSPS) is 11.9. The van der Waals surface area contributed by atoms with E-state index in [0.717, 1.165) is 5.56 Å². The number of benzene rings is 1. The molecular formula is C14H14ClN3O3. The lowest BCUT2D eigenvalue weighted by Gasteiger charge is -2.15. The Morgan fingerprint density at radius 2 is 2.24 bits per heavy atom. The smallest absolute Gasteiger partial charge is 0.326 e. The Kier molecular flexibility index (Phi) is 4.59. The fraction of sp³-hybridized carbons (Fsp3) is 0.214. The third-order valence-corrected chi connectivity index (χ3v) is 3.26. The average molecular weight is 308 g/mol. The zero-order valence-electron chi connectivity index (χ0n) is 11.3. The van der Waals surface area contributed by atoms with Gasteiger partial charge in [0.1, 0.15) is 6.04 Å². The Bertz CT molecular complexity index is 655. The van der Waals surface area contributed by atoms with E-state index < -0.39 is 17.9 Å². The Hall–Kier alpha value is -2.34. The molecule has 2 aromatic rings. The number of aromatic nitrogens is 2. The summed E-state index contributed by atoms with van der Waals surface area (Å²) < 4.78 is 0. The molecule has 0 saturated heterocycles.